The van der Waals surface area contributed by atoms with Crippen LogP contribution in [0.4, 0.5) is 0 Å². The lowest BCUT2D eigenvalue weighted by Crippen LogP contribution is -2.20. The standard InChI is InChI=1S/C16H22O/c1-16(2,3)15(17)11-10-13-9-8-12-6-4-5-7-14(12)13/h4-7,13H,8-11H2,1-3H3. The third kappa shape index (κ3) is 2.77. The van der Waals surface area contributed by atoms with Crippen molar-refractivity contribution in [3.63, 3.8) is 0 Å². The minimum atomic E-state index is -0.182. The smallest absolute Gasteiger partial charge is 0.138 e. The normalized spacial score (nSPS) is 19.1. The highest BCUT2D eigenvalue weighted by molar-refractivity contribution is 5.83. The number of ketones is 1. The summed E-state index contributed by atoms with van der Waals surface area (Å²) in [5.41, 5.74) is 2.79. The van der Waals surface area contributed by atoms with Crippen molar-refractivity contribution in [2.24, 2.45) is 5.41 Å². The number of hydrogen-bond acceptors (Lipinski definition) is 1. The molecule has 1 aromatic carbocycles. The van der Waals surface area contributed by atoms with Crippen molar-refractivity contribution in [3.05, 3.63) is 35.4 Å². The number of hydrogen-bond donors (Lipinski definition) is 0. The first kappa shape index (κ1) is 12.3. The van der Waals surface area contributed by atoms with E-state index in [4.69, 9.17) is 0 Å². The van der Waals surface area contributed by atoms with Gasteiger partial charge in [-0.25, -0.2) is 0 Å². The molecule has 1 heteroatoms. The zero-order valence-corrected chi connectivity index (χ0v) is 11.1. The van der Waals surface area contributed by atoms with Gasteiger partial charge in [-0.15, -0.1) is 0 Å². The van der Waals surface area contributed by atoms with Crippen LogP contribution in [0.2, 0.25) is 0 Å². The second-order valence-corrected chi connectivity index (χ2v) is 6.15. The van der Waals surface area contributed by atoms with Gasteiger partial charge in [0.25, 0.3) is 0 Å². The maximum Gasteiger partial charge on any atom is 0.138 e. The zero-order valence-electron chi connectivity index (χ0n) is 11.1. The Morgan fingerprint density at radius 1 is 1.29 bits per heavy atom. The summed E-state index contributed by atoms with van der Waals surface area (Å²) < 4.78 is 0. The summed E-state index contributed by atoms with van der Waals surface area (Å²) in [6.07, 6.45) is 4.15. The lowest BCUT2D eigenvalue weighted by Gasteiger charge is -2.18. The highest BCUT2D eigenvalue weighted by Gasteiger charge is 2.25. The van der Waals surface area contributed by atoms with Crippen LogP contribution in [-0.2, 0) is 11.2 Å². The first-order valence-electron chi connectivity index (χ1n) is 6.59. The molecule has 0 fully saturated rings. The van der Waals surface area contributed by atoms with Crippen LogP contribution in [0.5, 0.6) is 0 Å². The summed E-state index contributed by atoms with van der Waals surface area (Å²) in [4.78, 5) is 11.9. The molecule has 17 heavy (non-hydrogen) atoms. The third-order valence-corrected chi connectivity index (χ3v) is 3.81. The molecule has 0 bridgehead atoms. The number of fused-ring (bicyclic) bond motifs is 1. The molecule has 0 radical (unpaired) electrons. The fraction of sp³-hybridized carbons (Fsp3) is 0.562. The molecule has 92 valence electrons. The molecule has 0 saturated heterocycles. The third-order valence-electron chi connectivity index (χ3n) is 3.81. The van der Waals surface area contributed by atoms with Crippen LogP contribution in [0.1, 0.15) is 57.1 Å². The first-order chi connectivity index (χ1) is 7.98. The molecule has 1 atom stereocenters. The average Bonchev–Trinajstić information content (AvgIpc) is 2.68. The van der Waals surface area contributed by atoms with E-state index in [2.05, 4.69) is 24.3 Å². The molecular formula is C16H22O. The van der Waals surface area contributed by atoms with Gasteiger partial charge >= 0.3 is 0 Å². The van der Waals surface area contributed by atoms with Crippen LogP contribution in [0.25, 0.3) is 0 Å². The van der Waals surface area contributed by atoms with Gasteiger partial charge in [0.15, 0.2) is 0 Å². The maximum atomic E-state index is 11.9. The van der Waals surface area contributed by atoms with Crippen molar-refractivity contribution in [1.82, 2.24) is 0 Å². The Balaban J connectivity index is 1.97. The Hall–Kier alpha value is -1.11. The van der Waals surface area contributed by atoms with Gasteiger partial charge in [0, 0.05) is 11.8 Å². The predicted molar refractivity (Wildman–Crippen MR) is 71.2 cm³/mol. The van der Waals surface area contributed by atoms with Gasteiger partial charge in [-0.2, -0.15) is 0 Å². The number of aryl methyl sites for hydroxylation is 1. The summed E-state index contributed by atoms with van der Waals surface area (Å²) in [7, 11) is 0. The van der Waals surface area contributed by atoms with Gasteiger partial charge in [0.1, 0.15) is 5.78 Å². The minimum absolute atomic E-state index is 0.182. The van der Waals surface area contributed by atoms with Crippen molar-refractivity contribution in [2.45, 2.75) is 52.4 Å². The molecule has 1 nitrogen and oxygen atoms in total. The summed E-state index contributed by atoms with van der Waals surface area (Å²) >= 11 is 0. The van der Waals surface area contributed by atoms with Crippen molar-refractivity contribution in [3.8, 4) is 0 Å². The Labute approximate surface area is 104 Å². The number of benzene rings is 1. The SMILES string of the molecule is CC(C)(C)C(=O)CCC1CCc2ccccc21. The maximum absolute atomic E-state index is 11.9. The van der Waals surface area contributed by atoms with Crippen LogP contribution >= 0.6 is 0 Å². The van der Waals surface area contributed by atoms with Crippen molar-refractivity contribution in [2.75, 3.05) is 0 Å². The molecule has 1 aromatic rings. The van der Waals surface area contributed by atoms with Gasteiger partial charge in [-0.05, 0) is 36.3 Å². The van der Waals surface area contributed by atoms with E-state index in [-0.39, 0.29) is 5.41 Å². The number of Topliss-reactive ketones (excluding diaryl/α,β-unsaturated/α-hetero) is 1. The van der Waals surface area contributed by atoms with E-state index in [1.165, 1.54) is 24.0 Å². The molecule has 0 aliphatic heterocycles. The molecule has 1 aliphatic rings. The molecule has 0 saturated carbocycles. The van der Waals surface area contributed by atoms with Gasteiger partial charge < -0.3 is 0 Å². The monoisotopic (exact) mass is 230 g/mol. The summed E-state index contributed by atoms with van der Waals surface area (Å²) in [5, 5.41) is 0. The number of carbonyl (C=O) groups excluding carboxylic acids is 1. The molecule has 0 aromatic heterocycles. The summed E-state index contributed by atoms with van der Waals surface area (Å²) in [6.45, 7) is 6.04. The fourth-order valence-corrected chi connectivity index (χ4v) is 2.63. The molecular weight excluding hydrogens is 208 g/mol. The molecule has 0 amide bonds. The van der Waals surface area contributed by atoms with E-state index in [0.717, 1.165) is 12.8 Å². The largest absolute Gasteiger partial charge is 0.299 e. The van der Waals surface area contributed by atoms with Crippen LogP contribution in [0, 0.1) is 5.41 Å². The predicted octanol–water partition coefficient (Wildman–Crippen LogP) is 4.11. The number of carbonyl (C=O) groups is 1. The highest BCUT2D eigenvalue weighted by atomic mass is 16.1. The summed E-state index contributed by atoms with van der Waals surface area (Å²) in [6, 6.07) is 8.68. The Kier molecular flexibility index (Phi) is 3.37. The molecule has 0 spiro atoms. The molecule has 1 aliphatic carbocycles. The quantitative estimate of drug-likeness (QED) is 0.763. The van der Waals surface area contributed by atoms with Gasteiger partial charge in [-0.3, -0.25) is 4.79 Å². The lowest BCUT2D eigenvalue weighted by atomic mass is 9.85. The van der Waals surface area contributed by atoms with Crippen molar-refractivity contribution >= 4 is 5.78 Å². The van der Waals surface area contributed by atoms with Gasteiger partial charge in [-0.1, -0.05) is 45.0 Å². The van der Waals surface area contributed by atoms with Crippen LogP contribution in [0.3, 0.4) is 0 Å². The number of rotatable bonds is 3. The Morgan fingerprint density at radius 3 is 2.71 bits per heavy atom. The van der Waals surface area contributed by atoms with Crippen molar-refractivity contribution in [1.29, 1.82) is 0 Å². The second kappa shape index (κ2) is 4.64. The van der Waals surface area contributed by atoms with E-state index in [1.54, 1.807) is 0 Å². The van der Waals surface area contributed by atoms with Gasteiger partial charge in [0.05, 0.1) is 0 Å². The van der Waals surface area contributed by atoms with Gasteiger partial charge in [0.2, 0.25) is 0 Å². The van der Waals surface area contributed by atoms with Crippen LogP contribution in [-0.4, -0.2) is 5.78 Å². The molecule has 1 unspecified atom stereocenters. The highest BCUT2D eigenvalue weighted by Crippen LogP contribution is 2.36. The first-order valence-corrected chi connectivity index (χ1v) is 6.59. The summed E-state index contributed by atoms with van der Waals surface area (Å²) in [5.74, 6) is 0.999. The van der Waals surface area contributed by atoms with Crippen molar-refractivity contribution < 1.29 is 4.79 Å². The van der Waals surface area contributed by atoms with E-state index >= 15 is 0 Å². The minimum Gasteiger partial charge on any atom is -0.299 e. The topological polar surface area (TPSA) is 17.1 Å². The van der Waals surface area contributed by atoms with E-state index < -0.39 is 0 Å². The van der Waals surface area contributed by atoms with E-state index in [0.29, 0.717) is 11.7 Å². The second-order valence-electron chi connectivity index (χ2n) is 6.15. The Morgan fingerprint density at radius 2 is 2.00 bits per heavy atom. The molecule has 2 rings (SSSR count). The lowest BCUT2D eigenvalue weighted by molar-refractivity contribution is -0.126. The van der Waals surface area contributed by atoms with E-state index in [9.17, 15) is 4.79 Å². The zero-order chi connectivity index (χ0) is 12.5. The fourth-order valence-electron chi connectivity index (χ4n) is 2.63. The Bertz CT molecular complexity index is 412. The van der Waals surface area contributed by atoms with Crippen LogP contribution in [0.15, 0.2) is 24.3 Å². The average molecular weight is 230 g/mol. The molecule has 0 heterocycles. The van der Waals surface area contributed by atoms with Crippen LogP contribution < -0.4 is 0 Å². The van der Waals surface area contributed by atoms with E-state index in [1.807, 2.05) is 20.8 Å². The molecule has 0 N–H and O–H groups in total.